The fourth-order valence-corrected chi connectivity index (χ4v) is 15.5. The molecule has 0 spiro atoms. The zero-order chi connectivity index (χ0) is 58.3. The monoisotopic (exact) mass is 1520 g/mol. The second-order valence-corrected chi connectivity index (χ2v) is 28.0. The summed E-state index contributed by atoms with van der Waals surface area (Å²) < 4.78 is 174. The van der Waals surface area contributed by atoms with Crippen LogP contribution in [-0.2, 0) is 82.3 Å². The van der Waals surface area contributed by atoms with E-state index >= 15 is 0 Å². The Hall–Kier alpha value is 0.156. The third-order valence-corrected chi connectivity index (χ3v) is 20.8. The first-order valence-corrected chi connectivity index (χ1v) is 34.0. The summed E-state index contributed by atoms with van der Waals surface area (Å²) in [6.07, 6.45) is 0.0992. The van der Waals surface area contributed by atoms with Gasteiger partial charge in [-0.2, -0.15) is 25.3 Å². The van der Waals surface area contributed by atoms with Crippen LogP contribution in [0, 0.1) is 0 Å². The Morgan fingerprint density at radius 1 is 0.556 bits per heavy atom. The maximum atomic E-state index is 12.3. The van der Waals surface area contributed by atoms with E-state index in [9.17, 15) is 88.4 Å². The first-order valence-electron chi connectivity index (χ1n) is 22.4. The molecule has 6 atom stereocenters. The van der Waals surface area contributed by atoms with Crippen LogP contribution in [0.4, 0.5) is 0 Å². The molecule has 37 heteroatoms. The maximum Gasteiger partial charge on any atom is 1.00 e. The molecule has 3 aromatic rings. The molecule has 436 valence electrons. The summed E-state index contributed by atoms with van der Waals surface area (Å²) in [6, 6.07) is 15.1. The number of Topliss-reactive ketones (excluding diaryl/α,β-unsaturated/α-hetero) is 6. The van der Waals surface area contributed by atoms with Crippen molar-refractivity contribution in [3.8, 4) is 0 Å². The average molecular weight is 1520 g/mol. The fraction of sp³-hybridized carbons (Fsp3) is 0.455. The molecule has 3 aliphatic heterocycles. The number of nitrogens with two attached hydrogens (primary N) is 1. The number of ketones is 6. The van der Waals surface area contributed by atoms with Crippen LogP contribution in [0.15, 0.2) is 72.8 Å². The summed E-state index contributed by atoms with van der Waals surface area (Å²) in [5.74, 6) is -4.17. The predicted octanol–water partition coefficient (Wildman–Crippen LogP) is -7.31. The number of nitrogens with one attached hydrogen (secondary N) is 1. The summed E-state index contributed by atoms with van der Waals surface area (Å²) in [6.45, 7) is 0.207. The molecule has 3 fully saturated rings. The van der Waals surface area contributed by atoms with E-state index in [0.717, 1.165) is 0 Å². The van der Waals surface area contributed by atoms with Crippen molar-refractivity contribution in [2.45, 2.75) is 70.0 Å². The van der Waals surface area contributed by atoms with E-state index in [-0.39, 0.29) is 208 Å². The SMILES string of the molecule is CN.CNCCC(C(=O)c1ccc(C(=O)C(CCI)S(=O)(=O)[O-])cc1)[S-](=O)=O.O=C(c1ccc(C(=O)C2CCOS2(=O)=O)cc1)C(CCI)S(=O)(=O)[O-].O=C(c1ccc(C(=O)C2CCOS2(=O)=O)cc1)C1CCOS1(=O)=O.[K+].[Na+].[Na+].[OH-]. The Morgan fingerprint density at radius 3 is 1.00 bits per heavy atom. The minimum atomic E-state index is -4.80. The van der Waals surface area contributed by atoms with Crippen molar-refractivity contribution in [2.24, 2.45) is 5.73 Å². The molecular formula is C44H52I2KN2Na2O24S6-. The number of benzene rings is 3. The summed E-state index contributed by atoms with van der Waals surface area (Å²) in [5.41, 5.74) is 4.84. The first-order chi connectivity index (χ1) is 35.9. The number of alkyl halides is 2. The van der Waals surface area contributed by atoms with Crippen LogP contribution in [0.1, 0.15) is 101 Å². The van der Waals surface area contributed by atoms with Crippen LogP contribution in [0.2, 0.25) is 0 Å². The van der Waals surface area contributed by atoms with Gasteiger partial charge in [-0.05, 0) is 59.2 Å². The molecule has 81 heavy (non-hydrogen) atoms. The van der Waals surface area contributed by atoms with Crippen molar-refractivity contribution in [2.75, 3.05) is 49.3 Å². The van der Waals surface area contributed by atoms with Crippen LogP contribution in [-0.4, -0.2) is 172 Å². The molecule has 4 N–H and O–H groups in total. The van der Waals surface area contributed by atoms with Gasteiger partial charge in [-0.3, -0.25) is 41.3 Å². The van der Waals surface area contributed by atoms with Crippen molar-refractivity contribution < 1.29 is 217 Å². The smallest absolute Gasteiger partial charge is 0.870 e. The van der Waals surface area contributed by atoms with E-state index in [1.807, 2.05) is 45.2 Å². The van der Waals surface area contributed by atoms with Crippen molar-refractivity contribution in [3.05, 3.63) is 106 Å². The van der Waals surface area contributed by atoms with Crippen LogP contribution in [0.5, 0.6) is 0 Å². The standard InChI is InChI=1S/C15H19INO7S2.C14H15IO8S2.C14H14O8S2.CH5N.K.2Na.H2O/c1-17-9-7-12(25(20)21)14(18)10-2-4-11(5-3-10)15(19)13(6-8-16)26(22,23)24;15-7-5-11(24(18,19)20)13(16)9-1-3-10(4-2-9)14(17)12-6-8-23-25(12,21)22;15-13(11-5-7-21-23(11,17)18)9-1-2-10(4-3-9)14(16)12-6-8-22-24(12,19)20;1-2;;;;/h2-5,12-13,17H,6-9H2,1H3,(H,22,23,24);1-4,11-12H,5-8H2,(H,18,19,20);1-4,11-12H,5-8H2;2H2,1H3;;;;1H2/q-1;;;;3*+1;/p-3. The van der Waals surface area contributed by atoms with Gasteiger partial charge in [0.2, 0.25) is 0 Å². The molecule has 0 amide bonds. The van der Waals surface area contributed by atoms with E-state index in [0.29, 0.717) is 15.4 Å². The molecule has 0 saturated carbocycles. The second kappa shape index (κ2) is 37.9. The first kappa shape index (κ1) is 83.2. The van der Waals surface area contributed by atoms with Crippen LogP contribution < -0.4 is 122 Å². The molecule has 6 unspecified atom stereocenters. The number of hydrogen-bond donors (Lipinski definition) is 2. The zero-order valence-electron chi connectivity index (χ0n) is 44.0. The minimum absolute atomic E-state index is 0. The molecule has 0 aromatic heterocycles. The number of carbonyl (C=O) groups excluding carboxylic acids is 6. The zero-order valence-corrected chi connectivity index (χ0v) is 60.3. The van der Waals surface area contributed by atoms with Crippen molar-refractivity contribution >= 4 is 141 Å². The normalized spacial score (nSPS) is 19.3. The number of halogens is 2. The Labute approximate surface area is 585 Å². The van der Waals surface area contributed by atoms with E-state index in [2.05, 4.69) is 23.6 Å². The average Bonchev–Trinajstić information content (AvgIpc) is 4.06. The third-order valence-electron chi connectivity index (χ3n) is 11.4. The number of hydrogen-bond acceptors (Lipinski definition) is 27. The molecule has 0 aliphatic carbocycles. The fourth-order valence-electron chi connectivity index (χ4n) is 7.39. The predicted molar refractivity (Wildman–Crippen MR) is 292 cm³/mol. The molecule has 26 nitrogen and oxygen atoms in total. The van der Waals surface area contributed by atoms with Crippen LogP contribution in [0.3, 0.4) is 0 Å². The molecular weight excluding hydrogens is 1470 g/mol. The van der Waals surface area contributed by atoms with Crippen molar-refractivity contribution in [3.63, 3.8) is 0 Å². The van der Waals surface area contributed by atoms with E-state index in [4.69, 9.17) is 0 Å². The summed E-state index contributed by atoms with van der Waals surface area (Å²) in [7, 11) is -20.8. The van der Waals surface area contributed by atoms with Gasteiger partial charge in [-0.15, -0.1) is 0 Å². The van der Waals surface area contributed by atoms with Gasteiger partial charge in [-0.25, -0.2) is 16.8 Å². The minimum Gasteiger partial charge on any atom is -0.870 e. The van der Waals surface area contributed by atoms with Gasteiger partial charge in [0, 0.05) is 47.5 Å². The van der Waals surface area contributed by atoms with Gasteiger partial charge < -0.3 is 34.0 Å². The Balaban J connectivity index is 0. The van der Waals surface area contributed by atoms with Gasteiger partial charge >= 0.3 is 110 Å². The molecule has 3 heterocycles. The van der Waals surface area contributed by atoms with Gasteiger partial charge in [0.25, 0.3) is 30.4 Å². The topological polar surface area (TPSA) is 449 Å². The molecule has 3 aromatic carbocycles. The summed E-state index contributed by atoms with van der Waals surface area (Å²) in [4.78, 5) is 73.6. The Morgan fingerprint density at radius 2 is 0.802 bits per heavy atom. The molecule has 3 saturated heterocycles. The maximum absolute atomic E-state index is 12.3. The van der Waals surface area contributed by atoms with Gasteiger partial charge in [0.1, 0.15) is 30.7 Å². The van der Waals surface area contributed by atoms with Crippen LogP contribution in [0.25, 0.3) is 0 Å². The summed E-state index contributed by atoms with van der Waals surface area (Å²) >= 11 is 3.73. The molecule has 3 aliphatic rings. The molecule has 0 bridgehead atoms. The van der Waals surface area contributed by atoms with Crippen molar-refractivity contribution in [1.82, 2.24) is 5.32 Å². The van der Waals surface area contributed by atoms with Crippen molar-refractivity contribution in [1.29, 1.82) is 0 Å². The third kappa shape index (κ3) is 23.9. The number of carbonyl (C=O) groups is 6. The van der Waals surface area contributed by atoms with E-state index in [1.54, 1.807) is 7.05 Å². The Bertz CT molecular complexity index is 3220. The van der Waals surface area contributed by atoms with Crippen LogP contribution >= 0.6 is 45.2 Å². The van der Waals surface area contributed by atoms with Gasteiger partial charge in [0.15, 0.2) is 50.4 Å². The van der Waals surface area contributed by atoms with Gasteiger partial charge in [-0.1, -0.05) is 129 Å². The van der Waals surface area contributed by atoms with Gasteiger partial charge in [0.05, 0.1) is 19.8 Å². The quantitative estimate of drug-likeness (QED) is 0.0179. The second-order valence-electron chi connectivity index (χ2n) is 16.3. The Kier molecular flexibility index (Phi) is 38.9. The van der Waals surface area contributed by atoms with E-state index < -0.39 is 127 Å². The molecule has 6 rings (SSSR count). The summed E-state index contributed by atoms with van der Waals surface area (Å²) in [5, 5.41) is -5.61. The molecule has 0 radical (unpaired) electrons. The number of rotatable bonds is 22. The largest absolute Gasteiger partial charge is 1.00 e. The van der Waals surface area contributed by atoms with E-state index in [1.165, 1.54) is 79.8 Å².